The van der Waals surface area contributed by atoms with Crippen LogP contribution < -0.4 is 9.64 Å². The number of halogens is 1. The van der Waals surface area contributed by atoms with Crippen molar-refractivity contribution in [3.05, 3.63) is 59.4 Å². The molecule has 1 aliphatic rings. The molecule has 0 N–H and O–H groups in total. The highest BCUT2D eigenvalue weighted by Crippen LogP contribution is 2.37. The molecule has 9 heteroatoms. The van der Waals surface area contributed by atoms with Crippen molar-refractivity contribution in [2.24, 2.45) is 0 Å². The monoisotopic (exact) mass is 376 g/mol. The molecule has 2 heterocycles. The van der Waals surface area contributed by atoms with E-state index in [9.17, 15) is 8.42 Å². The number of rotatable bonds is 3. The summed E-state index contributed by atoms with van der Waals surface area (Å²) in [5, 5.41) is 8.61. The molecule has 128 valence electrons. The lowest BCUT2D eigenvalue weighted by atomic mass is 10.3. The Morgan fingerprint density at radius 1 is 1.08 bits per heavy atom. The average Bonchev–Trinajstić information content (AvgIpc) is 3.05. The summed E-state index contributed by atoms with van der Waals surface area (Å²) in [5.41, 5.74) is 0.563. The van der Waals surface area contributed by atoms with E-state index >= 15 is 0 Å². The SMILES string of the molecule is CN1c2ccccc2S(=O)(=O)n2c(COc3ccc(Cl)cc3)nnc21. The number of anilines is 2. The van der Waals surface area contributed by atoms with Crippen molar-refractivity contribution in [1.82, 2.24) is 14.2 Å². The van der Waals surface area contributed by atoms with Crippen LogP contribution in [0.4, 0.5) is 11.6 Å². The molecule has 0 saturated carbocycles. The fourth-order valence-electron chi connectivity index (χ4n) is 2.67. The van der Waals surface area contributed by atoms with Crippen LogP contribution in [-0.4, -0.2) is 29.6 Å². The van der Waals surface area contributed by atoms with Crippen LogP contribution in [0.15, 0.2) is 53.4 Å². The molecule has 0 aliphatic carbocycles. The molecule has 25 heavy (non-hydrogen) atoms. The van der Waals surface area contributed by atoms with E-state index in [4.69, 9.17) is 16.3 Å². The summed E-state index contributed by atoms with van der Waals surface area (Å²) < 4.78 is 32.7. The molecule has 1 aromatic heterocycles. The van der Waals surface area contributed by atoms with Crippen molar-refractivity contribution >= 4 is 33.3 Å². The van der Waals surface area contributed by atoms with Gasteiger partial charge in [0.1, 0.15) is 17.3 Å². The third kappa shape index (κ3) is 2.54. The predicted octanol–water partition coefficient (Wildman–Crippen LogP) is 2.83. The van der Waals surface area contributed by atoms with Crippen LogP contribution >= 0.6 is 11.6 Å². The topological polar surface area (TPSA) is 77.3 Å². The molecular formula is C16H13ClN4O3S. The Morgan fingerprint density at radius 3 is 2.56 bits per heavy atom. The molecule has 0 amide bonds. The fraction of sp³-hybridized carbons (Fsp3) is 0.125. The van der Waals surface area contributed by atoms with Gasteiger partial charge in [-0.15, -0.1) is 10.2 Å². The van der Waals surface area contributed by atoms with E-state index < -0.39 is 10.0 Å². The van der Waals surface area contributed by atoms with Gasteiger partial charge < -0.3 is 9.64 Å². The number of hydrogen-bond acceptors (Lipinski definition) is 6. The van der Waals surface area contributed by atoms with Crippen molar-refractivity contribution in [2.75, 3.05) is 11.9 Å². The Balaban J connectivity index is 1.72. The highest BCUT2D eigenvalue weighted by atomic mass is 35.5. The zero-order valence-electron chi connectivity index (χ0n) is 13.1. The van der Waals surface area contributed by atoms with E-state index in [2.05, 4.69) is 10.2 Å². The summed E-state index contributed by atoms with van der Waals surface area (Å²) >= 11 is 5.84. The summed E-state index contributed by atoms with van der Waals surface area (Å²) in [6.07, 6.45) is 0. The number of benzene rings is 2. The molecule has 0 fully saturated rings. The van der Waals surface area contributed by atoms with Gasteiger partial charge in [-0.3, -0.25) is 0 Å². The minimum absolute atomic E-state index is 0.0378. The lowest BCUT2D eigenvalue weighted by Gasteiger charge is -2.27. The standard InChI is InChI=1S/C16H13ClN4O3S/c1-20-13-4-2-3-5-14(13)25(22,23)21-15(18-19-16(20)21)10-24-12-8-6-11(17)7-9-12/h2-9H,10H2,1H3. The second-order valence-corrected chi connectivity index (χ2v) is 7.65. The van der Waals surface area contributed by atoms with Crippen LogP contribution in [0, 0.1) is 0 Å². The first-order valence-electron chi connectivity index (χ1n) is 7.39. The lowest BCUT2D eigenvalue weighted by molar-refractivity contribution is 0.294. The van der Waals surface area contributed by atoms with Gasteiger partial charge in [-0.2, -0.15) is 3.97 Å². The summed E-state index contributed by atoms with van der Waals surface area (Å²) in [4.78, 5) is 1.90. The van der Waals surface area contributed by atoms with Crippen LogP contribution in [0.1, 0.15) is 5.82 Å². The molecule has 4 rings (SSSR count). The van der Waals surface area contributed by atoms with Crippen molar-refractivity contribution in [3.63, 3.8) is 0 Å². The average molecular weight is 377 g/mol. The largest absolute Gasteiger partial charge is 0.486 e. The molecular weight excluding hydrogens is 364 g/mol. The zero-order chi connectivity index (χ0) is 17.6. The first kappa shape index (κ1) is 15.9. The fourth-order valence-corrected chi connectivity index (χ4v) is 4.46. The van der Waals surface area contributed by atoms with Crippen molar-refractivity contribution < 1.29 is 13.2 Å². The second kappa shape index (κ2) is 5.75. The van der Waals surface area contributed by atoms with E-state index in [1.807, 2.05) is 0 Å². The van der Waals surface area contributed by atoms with E-state index in [1.165, 1.54) is 0 Å². The van der Waals surface area contributed by atoms with Gasteiger partial charge in [0.05, 0.1) is 5.69 Å². The maximum absolute atomic E-state index is 13.0. The predicted molar refractivity (Wildman–Crippen MR) is 92.9 cm³/mol. The number of nitrogens with zero attached hydrogens (tertiary/aromatic N) is 4. The molecule has 7 nitrogen and oxygen atoms in total. The molecule has 0 unspecified atom stereocenters. The van der Waals surface area contributed by atoms with Crippen molar-refractivity contribution in [3.8, 4) is 5.75 Å². The molecule has 0 spiro atoms. The maximum Gasteiger partial charge on any atom is 0.274 e. The molecule has 2 aromatic carbocycles. The third-order valence-electron chi connectivity index (χ3n) is 3.90. The van der Waals surface area contributed by atoms with Crippen LogP contribution in [-0.2, 0) is 16.6 Å². The van der Waals surface area contributed by atoms with E-state index in [0.29, 0.717) is 16.5 Å². The number of ether oxygens (including phenoxy) is 1. The Hall–Kier alpha value is -2.58. The first-order valence-corrected chi connectivity index (χ1v) is 9.21. The third-order valence-corrected chi connectivity index (χ3v) is 5.91. The second-order valence-electron chi connectivity index (χ2n) is 5.46. The van der Waals surface area contributed by atoms with Crippen LogP contribution in [0.25, 0.3) is 0 Å². The van der Waals surface area contributed by atoms with Gasteiger partial charge >= 0.3 is 0 Å². The highest BCUT2D eigenvalue weighted by molar-refractivity contribution is 7.90. The molecule has 0 atom stereocenters. The number of hydrogen-bond donors (Lipinski definition) is 0. The Kier molecular flexibility index (Phi) is 3.66. The van der Waals surface area contributed by atoms with Crippen LogP contribution in [0.5, 0.6) is 5.75 Å². The van der Waals surface area contributed by atoms with Crippen LogP contribution in [0.3, 0.4) is 0 Å². The Bertz CT molecular complexity index is 1050. The maximum atomic E-state index is 13.0. The summed E-state index contributed by atoms with van der Waals surface area (Å²) in [6, 6.07) is 13.5. The Morgan fingerprint density at radius 2 is 1.80 bits per heavy atom. The van der Waals surface area contributed by atoms with E-state index in [-0.39, 0.29) is 23.3 Å². The van der Waals surface area contributed by atoms with Gasteiger partial charge in [0.25, 0.3) is 10.0 Å². The van der Waals surface area contributed by atoms with Gasteiger partial charge in [-0.05, 0) is 36.4 Å². The normalized spacial score (nSPS) is 14.7. The Labute approximate surface area is 149 Å². The van der Waals surface area contributed by atoms with Crippen LogP contribution in [0.2, 0.25) is 5.02 Å². The van der Waals surface area contributed by atoms with E-state index in [1.54, 1.807) is 60.5 Å². The molecule has 0 bridgehead atoms. The molecule has 0 radical (unpaired) electrons. The number of para-hydroxylation sites is 1. The van der Waals surface area contributed by atoms with Gasteiger partial charge in [0.2, 0.25) is 5.95 Å². The molecule has 0 saturated heterocycles. The number of fused-ring (bicyclic) bond motifs is 2. The summed E-state index contributed by atoms with van der Waals surface area (Å²) in [7, 11) is -2.04. The number of aromatic nitrogens is 3. The first-order chi connectivity index (χ1) is 12.0. The van der Waals surface area contributed by atoms with Gasteiger partial charge in [-0.25, -0.2) is 8.42 Å². The van der Waals surface area contributed by atoms with Crippen molar-refractivity contribution in [1.29, 1.82) is 0 Å². The van der Waals surface area contributed by atoms with Gasteiger partial charge in [0.15, 0.2) is 5.82 Å². The van der Waals surface area contributed by atoms with E-state index in [0.717, 1.165) is 3.97 Å². The summed E-state index contributed by atoms with van der Waals surface area (Å²) in [5.74, 6) is 0.989. The minimum atomic E-state index is -3.78. The van der Waals surface area contributed by atoms with Gasteiger partial charge in [-0.1, -0.05) is 23.7 Å². The molecule has 3 aromatic rings. The van der Waals surface area contributed by atoms with Crippen molar-refractivity contribution in [2.45, 2.75) is 11.5 Å². The quantitative estimate of drug-likeness (QED) is 0.699. The minimum Gasteiger partial charge on any atom is -0.486 e. The highest BCUT2D eigenvalue weighted by Gasteiger charge is 2.35. The molecule has 1 aliphatic heterocycles. The summed E-state index contributed by atoms with van der Waals surface area (Å²) in [6.45, 7) is -0.0378. The smallest absolute Gasteiger partial charge is 0.274 e. The zero-order valence-corrected chi connectivity index (χ0v) is 14.7. The van der Waals surface area contributed by atoms with Gasteiger partial charge in [0, 0.05) is 12.1 Å². The lowest BCUT2D eigenvalue weighted by Crippen LogP contribution is -2.29.